The molecule has 1 fully saturated rings. The molecule has 0 radical (unpaired) electrons. The van der Waals surface area contributed by atoms with E-state index in [1.807, 2.05) is 0 Å². The van der Waals surface area contributed by atoms with Gasteiger partial charge in [-0.25, -0.2) is 0 Å². The van der Waals surface area contributed by atoms with Gasteiger partial charge in [0, 0.05) is 0 Å². The highest BCUT2D eigenvalue weighted by Crippen LogP contribution is 2.38. The van der Waals surface area contributed by atoms with Crippen molar-refractivity contribution < 1.29 is 0 Å². The summed E-state index contributed by atoms with van der Waals surface area (Å²) < 4.78 is 0. The number of hydrogen-bond acceptors (Lipinski definition) is 0. The summed E-state index contributed by atoms with van der Waals surface area (Å²) in [4.78, 5) is 0. The maximum Gasteiger partial charge on any atom is -0.0228 e. The smallest absolute Gasteiger partial charge is 0.0228 e. The van der Waals surface area contributed by atoms with Crippen LogP contribution in [0.5, 0.6) is 0 Å². The van der Waals surface area contributed by atoms with Gasteiger partial charge in [0.2, 0.25) is 0 Å². The summed E-state index contributed by atoms with van der Waals surface area (Å²) in [5, 5.41) is 0. The quantitative estimate of drug-likeness (QED) is 0.476. The molecule has 0 aromatic rings. The van der Waals surface area contributed by atoms with Crippen molar-refractivity contribution in [3.05, 3.63) is 24.3 Å². The molecule has 0 amide bonds. The van der Waals surface area contributed by atoms with E-state index in [-0.39, 0.29) is 0 Å². The van der Waals surface area contributed by atoms with E-state index < -0.39 is 0 Å². The number of rotatable bonds is 0. The zero-order valence-electron chi connectivity index (χ0n) is 7.71. The van der Waals surface area contributed by atoms with Gasteiger partial charge in [-0.2, -0.15) is 0 Å². The van der Waals surface area contributed by atoms with E-state index in [9.17, 15) is 0 Å². The second-order valence-electron chi connectivity index (χ2n) is 4.12. The van der Waals surface area contributed by atoms with Gasteiger partial charge >= 0.3 is 0 Å². The third-order valence-electron chi connectivity index (χ3n) is 3.08. The lowest BCUT2D eigenvalue weighted by Gasteiger charge is -1.96. The van der Waals surface area contributed by atoms with E-state index >= 15 is 0 Å². The fourth-order valence-electron chi connectivity index (χ4n) is 2.31. The maximum absolute atomic E-state index is 2.38. The van der Waals surface area contributed by atoms with Crippen molar-refractivity contribution in [2.45, 2.75) is 38.5 Å². The largest absolute Gasteiger partial charge is 0.0885 e. The van der Waals surface area contributed by atoms with Crippen LogP contribution in [0.1, 0.15) is 38.5 Å². The summed E-state index contributed by atoms with van der Waals surface area (Å²) in [6, 6.07) is 0. The Balaban J connectivity index is 0.000000100. The molecule has 2 bridgehead atoms. The molecule has 2 atom stereocenters. The molecule has 12 heavy (non-hydrogen) atoms. The van der Waals surface area contributed by atoms with E-state index in [0.29, 0.717) is 0 Å². The summed E-state index contributed by atoms with van der Waals surface area (Å²) >= 11 is 0. The van der Waals surface area contributed by atoms with Crippen LogP contribution in [0.3, 0.4) is 0 Å². The second-order valence-corrected chi connectivity index (χ2v) is 4.12. The highest BCUT2D eigenvalue weighted by atomic mass is 14.3. The van der Waals surface area contributed by atoms with Crippen molar-refractivity contribution in [3.63, 3.8) is 0 Å². The zero-order valence-corrected chi connectivity index (χ0v) is 7.71. The highest BCUT2D eigenvalue weighted by Gasteiger charge is 2.25. The predicted molar refractivity (Wildman–Crippen MR) is 53.0 cm³/mol. The van der Waals surface area contributed by atoms with Crippen LogP contribution in [0.25, 0.3) is 0 Å². The molecule has 0 aromatic carbocycles. The third-order valence-corrected chi connectivity index (χ3v) is 3.08. The molecule has 0 heteroatoms. The Kier molecular flexibility index (Phi) is 2.65. The van der Waals surface area contributed by atoms with Gasteiger partial charge in [0.15, 0.2) is 0 Å². The van der Waals surface area contributed by atoms with Gasteiger partial charge in [0.25, 0.3) is 0 Å². The summed E-state index contributed by atoms with van der Waals surface area (Å²) in [5.74, 6) is 1.98. The molecule has 2 unspecified atom stereocenters. The van der Waals surface area contributed by atoms with E-state index in [1.54, 1.807) is 0 Å². The Morgan fingerprint density at radius 2 is 1.42 bits per heavy atom. The first-order valence-electron chi connectivity index (χ1n) is 5.28. The fourth-order valence-corrected chi connectivity index (χ4v) is 2.31. The Bertz CT molecular complexity index is 170. The van der Waals surface area contributed by atoms with E-state index in [2.05, 4.69) is 24.3 Å². The fraction of sp³-hybridized carbons (Fsp3) is 0.667. The molecule has 0 nitrogen and oxygen atoms in total. The van der Waals surface area contributed by atoms with Crippen molar-refractivity contribution >= 4 is 0 Å². The molecular weight excluding hydrogens is 144 g/mol. The summed E-state index contributed by atoms with van der Waals surface area (Å²) in [6.07, 6.45) is 17.7. The van der Waals surface area contributed by atoms with Crippen molar-refractivity contribution in [1.29, 1.82) is 0 Å². The van der Waals surface area contributed by atoms with Gasteiger partial charge in [-0.15, -0.1) is 0 Å². The second kappa shape index (κ2) is 3.93. The van der Waals surface area contributed by atoms with E-state index in [1.165, 1.54) is 38.5 Å². The monoisotopic (exact) mass is 162 g/mol. The number of fused-ring (bicyclic) bond motifs is 2. The number of hydrogen-bond donors (Lipinski definition) is 0. The van der Waals surface area contributed by atoms with Gasteiger partial charge in [-0.3, -0.25) is 0 Å². The van der Waals surface area contributed by atoms with Crippen molar-refractivity contribution in [3.8, 4) is 0 Å². The minimum atomic E-state index is 0.991. The normalized spacial score (nSPS) is 35.3. The molecule has 0 heterocycles. The Labute approximate surface area is 75.4 Å². The predicted octanol–water partition coefficient (Wildman–Crippen LogP) is 3.70. The minimum Gasteiger partial charge on any atom is -0.0885 e. The van der Waals surface area contributed by atoms with Crippen LogP contribution >= 0.6 is 0 Å². The van der Waals surface area contributed by atoms with E-state index in [4.69, 9.17) is 0 Å². The first-order chi connectivity index (χ1) is 5.95. The van der Waals surface area contributed by atoms with Crippen LogP contribution in [0.15, 0.2) is 24.3 Å². The SMILES string of the molecule is C1=CC2CCC1C2.C1=CCCC1. The van der Waals surface area contributed by atoms with E-state index in [0.717, 1.165) is 11.8 Å². The van der Waals surface area contributed by atoms with Crippen molar-refractivity contribution in [1.82, 2.24) is 0 Å². The van der Waals surface area contributed by atoms with Gasteiger partial charge < -0.3 is 0 Å². The molecule has 0 aromatic heterocycles. The van der Waals surface area contributed by atoms with Gasteiger partial charge in [0.1, 0.15) is 0 Å². The van der Waals surface area contributed by atoms with Crippen LogP contribution in [0.2, 0.25) is 0 Å². The van der Waals surface area contributed by atoms with Crippen LogP contribution in [0, 0.1) is 11.8 Å². The Morgan fingerprint density at radius 3 is 1.58 bits per heavy atom. The Hall–Kier alpha value is -0.520. The van der Waals surface area contributed by atoms with Gasteiger partial charge in [-0.1, -0.05) is 24.3 Å². The molecule has 0 N–H and O–H groups in total. The lowest BCUT2D eigenvalue weighted by molar-refractivity contribution is 0.691. The molecule has 1 saturated carbocycles. The van der Waals surface area contributed by atoms with Crippen LogP contribution in [-0.4, -0.2) is 0 Å². The van der Waals surface area contributed by atoms with Crippen molar-refractivity contribution in [2.24, 2.45) is 11.8 Å². The third kappa shape index (κ3) is 2.00. The number of allylic oxidation sites excluding steroid dienone is 4. The Morgan fingerprint density at radius 1 is 0.833 bits per heavy atom. The molecule has 0 spiro atoms. The van der Waals surface area contributed by atoms with Crippen LogP contribution in [0.4, 0.5) is 0 Å². The topological polar surface area (TPSA) is 0 Å². The lowest BCUT2D eigenvalue weighted by Crippen LogP contribution is -1.82. The van der Waals surface area contributed by atoms with Gasteiger partial charge in [-0.05, 0) is 50.4 Å². The van der Waals surface area contributed by atoms with Gasteiger partial charge in [0.05, 0.1) is 0 Å². The molecule has 66 valence electrons. The highest BCUT2D eigenvalue weighted by molar-refractivity contribution is 5.06. The summed E-state index contributed by atoms with van der Waals surface area (Å²) in [5.41, 5.74) is 0. The molecular formula is C12H18. The standard InChI is InChI=1S/C7H10.C5H8/c1-2-7-4-3-6(1)5-7;1-2-4-5-3-1/h1-2,6-7H,3-5H2;1-2H,3-5H2. The summed E-state index contributed by atoms with van der Waals surface area (Å²) in [7, 11) is 0. The molecule has 3 aliphatic carbocycles. The molecule has 3 aliphatic rings. The zero-order chi connectivity index (χ0) is 8.23. The first-order valence-corrected chi connectivity index (χ1v) is 5.28. The molecule has 0 aliphatic heterocycles. The van der Waals surface area contributed by atoms with Crippen LogP contribution < -0.4 is 0 Å². The van der Waals surface area contributed by atoms with Crippen molar-refractivity contribution in [2.75, 3.05) is 0 Å². The minimum absolute atomic E-state index is 0.991. The summed E-state index contributed by atoms with van der Waals surface area (Å²) in [6.45, 7) is 0. The lowest BCUT2D eigenvalue weighted by atomic mass is 10.1. The maximum atomic E-state index is 2.38. The average Bonchev–Trinajstić information content (AvgIpc) is 2.86. The first kappa shape index (κ1) is 8.10. The average molecular weight is 162 g/mol. The molecule has 0 saturated heterocycles. The van der Waals surface area contributed by atoms with Crippen LogP contribution in [-0.2, 0) is 0 Å². The molecule has 3 rings (SSSR count).